The Bertz CT molecular complexity index is 237. The fraction of sp³-hybridized carbons (Fsp3) is 0.700. The summed E-state index contributed by atoms with van der Waals surface area (Å²) < 4.78 is 4.60. The fourth-order valence-corrected chi connectivity index (χ4v) is 0.970. The molecule has 92 valence electrons. The molecule has 1 atom stereocenters. The van der Waals surface area contributed by atoms with Gasteiger partial charge < -0.3 is 14.9 Å². The normalized spacial score (nSPS) is 19.6. The van der Waals surface area contributed by atoms with Crippen molar-refractivity contribution in [2.45, 2.75) is 32.0 Å². The van der Waals surface area contributed by atoms with E-state index in [-0.39, 0.29) is 25.1 Å². The number of ether oxygens (including phenoxy) is 1. The number of aliphatic hydroxyl groups excluding tert-OH is 2. The number of hydrogen-bond donors (Lipinski definition) is 2. The van der Waals surface area contributed by atoms with E-state index in [4.69, 9.17) is 10.2 Å². The SMILES string of the molecule is O=C1CCCOC1O.O=CC(=O)CCCO. The number of carbonyl (C=O) groups excluding carboxylic acids is 3. The van der Waals surface area contributed by atoms with Crippen LogP contribution in [0.1, 0.15) is 25.7 Å². The van der Waals surface area contributed by atoms with Crippen LogP contribution in [0.15, 0.2) is 0 Å². The molecular formula is C10H16O6. The second kappa shape index (κ2) is 9.14. The van der Waals surface area contributed by atoms with Gasteiger partial charge >= 0.3 is 0 Å². The van der Waals surface area contributed by atoms with Gasteiger partial charge in [-0.25, -0.2) is 0 Å². The molecule has 0 aromatic rings. The number of carbonyl (C=O) groups is 3. The molecule has 0 bridgehead atoms. The average molecular weight is 232 g/mol. The van der Waals surface area contributed by atoms with Crippen LogP contribution in [-0.4, -0.2) is 47.6 Å². The summed E-state index contributed by atoms with van der Waals surface area (Å²) in [5, 5.41) is 16.7. The Hall–Kier alpha value is -1.11. The van der Waals surface area contributed by atoms with Gasteiger partial charge in [-0.15, -0.1) is 0 Å². The lowest BCUT2D eigenvalue weighted by molar-refractivity contribution is -0.163. The van der Waals surface area contributed by atoms with Crippen LogP contribution in [0.2, 0.25) is 0 Å². The minimum atomic E-state index is -1.14. The van der Waals surface area contributed by atoms with Crippen LogP contribution in [0, 0.1) is 0 Å². The average Bonchev–Trinajstić information content (AvgIpc) is 2.30. The third-order valence-electron chi connectivity index (χ3n) is 1.83. The highest BCUT2D eigenvalue weighted by atomic mass is 16.6. The highest BCUT2D eigenvalue weighted by Gasteiger charge is 2.18. The summed E-state index contributed by atoms with van der Waals surface area (Å²) in [7, 11) is 0. The predicted molar refractivity (Wildman–Crippen MR) is 53.6 cm³/mol. The van der Waals surface area contributed by atoms with Crippen LogP contribution >= 0.6 is 0 Å². The summed E-state index contributed by atoms with van der Waals surface area (Å²) in [6.07, 6.45) is 0.897. The zero-order valence-electron chi connectivity index (χ0n) is 8.92. The molecule has 16 heavy (non-hydrogen) atoms. The van der Waals surface area contributed by atoms with Crippen LogP contribution in [0.25, 0.3) is 0 Å². The second-order valence-corrected chi connectivity index (χ2v) is 3.20. The van der Waals surface area contributed by atoms with Crippen LogP contribution in [0.4, 0.5) is 0 Å². The van der Waals surface area contributed by atoms with Crippen molar-refractivity contribution in [3.63, 3.8) is 0 Å². The Kier molecular flexibility index (Phi) is 8.51. The maximum Gasteiger partial charge on any atom is 0.215 e. The summed E-state index contributed by atoms with van der Waals surface area (Å²) in [5.41, 5.74) is 0. The van der Waals surface area contributed by atoms with Crippen molar-refractivity contribution in [3.8, 4) is 0 Å². The number of rotatable bonds is 4. The Morgan fingerprint density at radius 2 is 2.25 bits per heavy atom. The van der Waals surface area contributed by atoms with Crippen LogP contribution in [-0.2, 0) is 19.1 Å². The molecule has 0 saturated carbocycles. The molecule has 0 spiro atoms. The molecule has 0 radical (unpaired) electrons. The second-order valence-electron chi connectivity index (χ2n) is 3.20. The van der Waals surface area contributed by atoms with Gasteiger partial charge in [0.15, 0.2) is 17.9 Å². The zero-order valence-corrected chi connectivity index (χ0v) is 8.92. The molecule has 6 heteroatoms. The molecule has 0 amide bonds. The highest BCUT2D eigenvalue weighted by molar-refractivity contribution is 6.24. The Morgan fingerprint density at radius 1 is 1.56 bits per heavy atom. The van der Waals surface area contributed by atoms with Crippen molar-refractivity contribution in [1.29, 1.82) is 0 Å². The smallest absolute Gasteiger partial charge is 0.215 e. The fourth-order valence-electron chi connectivity index (χ4n) is 0.970. The van der Waals surface area contributed by atoms with Gasteiger partial charge in [-0.3, -0.25) is 14.4 Å². The molecule has 0 aromatic carbocycles. The molecule has 1 heterocycles. The van der Waals surface area contributed by atoms with E-state index in [1.807, 2.05) is 0 Å². The molecule has 1 aliphatic heterocycles. The van der Waals surface area contributed by atoms with E-state index in [2.05, 4.69) is 4.74 Å². The third kappa shape index (κ3) is 7.22. The van der Waals surface area contributed by atoms with Crippen LogP contribution in [0.5, 0.6) is 0 Å². The predicted octanol–water partition coefficient (Wildman–Crippen LogP) is -0.789. The first-order chi connectivity index (χ1) is 7.61. The third-order valence-corrected chi connectivity index (χ3v) is 1.83. The molecule has 0 aromatic heterocycles. The van der Waals surface area contributed by atoms with E-state index in [1.54, 1.807) is 0 Å². The van der Waals surface area contributed by atoms with Crippen molar-refractivity contribution < 1.29 is 29.3 Å². The largest absolute Gasteiger partial charge is 0.396 e. The van der Waals surface area contributed by atoms with E-state index >= 15 is 0 Å². The zero-order chi connectivity index (χ0) is 12.4. The summed E-state index contributed by atoms with van der Waals surface area (Å²) in [6.45, 7) is 0.479. The van der Waals surface area contributed by atoms with Gasteiger partial charge in [0.1, 0.15) is 0 Å². The molecule has 1 saturated heterocycles. The maximum absolute atomic E-state index is 10.4. The summed E-state index contributed by atoms with van der Waals surface area (Å²) >= 11 is 0. The molecule has 1 rings (SSSR count). The first kappa shape index (κ1) is 14.9. The highest BCUT2D eigenvalue weighted by Crippen LogP contribution is 2.05. The first-order valence-corrected chi connectivity index (χ1v) is 5.03. The van der Waals surface area contributed by atoms with Gasteiger partial charge in [0, 0.05) is 19.4 Å². The number of Topliss-reactive ketones (excluding diaryl/α,β-unsaturated/α-hetero) is 2. The van der Waals surface area contributed by atoms with Gasteiger partial charge in [0.2, 0.25) is 6.29 Å². The van der Waals surface area contributed by atoms with Crippen molar-refractivity contribution in [3.05, 3.63) is 0 Å². The number of hydrogen-bond acceptors (Lipinski definition) is 6. The van der Waals surface area contributed by atoms with E-state index < -0.39 is 12.1 Å². The van der Waals surface area contributed by atoms with Gasteiger partial charge in [-0.1, -0.05) is 0 Å². The number of aliphatic hydroxyl groups is 2. The standard InChI is InChI=1S/2C5H8O3/c6-4-2-1-3-8-5(4)7;6-3-1-2-5(8)4-7/h5,7H,1-3H2;4,6H,1-3H2. The Morgan fingerprint density at radius 3 is 2.62 bits per heavy atom. The molecule has 1 unspecified atom stereocenters. The Labute approximate surface area is 93.2 Å². The number of aldehydes is 1. The van der Waals surface area contributed by atoms with Crippen molar-refractivity contribution in [1.82, 2.24) is 0 Å². The molecule has 2 N–H and O–H groups in total. The lowest BCUT2D eigenvalue weighted by Gasteiger charge is -2.14. The molecule has 0 aliphatic carbocycles. The van der Waals surface area contributed by atoms with Gasteiger partial charge in [-0.2, -0.15) is 0 Å². The topological polar surface area (TPSA) is 101 Å². The molecular weight excluding hydrogens is 216 g/mol. The van der Waals surface area contributed by atoms with E-state index in [0.717, 1.165) is 6.42 Å². The number of ketones is 2. The van der Waals surface area contributed by atoms with E-state index in [1.165, 1.54) is 0 Å². The van der Waals surface area contributed by atoms with Crippen molar-refractivity contribution >= 4 is 17.9 Å². The summed E-state index contributed by atoms with van der Waals surface area (Å²) in [6, 6.07) is 0. The molecule has 1 aliphatic rings. The summed E-state index contributed by atoms with van der Waals surface area (Å²) in [4.78, 5) is 30.1. The molecule has 1 fully saturated rings. The van der Waals surface area contributed by atoms with E-state index in [9.17, 15) is 14.4 Å². The van der Waals surface area contributed by atoms with Crippen molar-refractivity contribution in [2.75, 3.05) is 13.2 Å². The monoisotopic (exact) mass is 232 g/mol. The minimum Gasteiger partial charge on any atom is -0.396 e. The summed E-state index contributed by atoms with van der Waals surface area (Å²) in [5.74, 6) is -0.643. The molecule has 6 nitrogen and oxygen atoms in total. The van der Waals surface area contributed by atoms with Crippen LogP contribution < -0.4 is 0 Å². The Balaban J connectivity index is 0.000000281. The van der Waals surface area contributed by atoms with Crippen LogP contribution in [0.3, 0.4) is 0 Å². The maximum atomic E-state index is 10.4. The van der Waals surface area contributed by atoms with Crippen molar-refractivity contribution in [2.24, 2.45) is 0 Å². The first-order valence-electron chi connectivity index (χ1n) is 5.03. The van der Waals surface area contributed by atoms with Gasteiger partial charge in [0.25, 0.3) is 0 Å². The van der Waals surface area contributed by atoms with Gasteiger partial charge in [0.05, 0.1) is 6.61 Å². The quantitative estimate of drug-likeness (QED) is 0.486. The van der Waals surface area contributed by atoms with E-state index in [0.29, 0.717) is 19.4 Å². The lowest BCUT2D eigenvalue weighted by Crippen LogP contribution is -2.28. The van der Waals surface area contributed by atoms with Gasteiger partial charge in [-0.05, 0) is 12.8 Å². The minimum absolute atomic E-state index is 0.0282. The lowest BCUT2D eigenvalue weighted by atomic mass is 10.2.